The van der Waals surface area contributed by atoms with Crippen LogP contribution in [0.25, 0.3) is 10.2 Å². The number of likely N-dealkylation sites (N-methyl/N-ethyl adjacent to an activating group) is 1. The van der Waals surface area contributed by atoms with Crippen molar-refractivity contribution >= 4 is 49.2 Å². The van der Waals surface area contributed by atoms with Gasteiger partial charge in [0.1, 0.15) is 11.3 Å². The Balaban J connectivity index is 0.000000533. The van der Waals surface area contributed by atoms with Crippen molar-refractivity contribution in [3.8, 4) is 5.75 Å². The second-order valence-corrected chi connectivity index (χ2v) is 13.7. The van der Waals surface area contributed by atoms with Crippen molar-refractivity contribution in [1.29, 1.82) is 0 Å². The fourth-order valence-corrected chi connectivity index (χ4v) is 6.50. The quantitative estimate of drug-likeness (QED) is 0.0837. The molecule has 0 radical (unpaired) electrons. The first-order valence-electron chi connectivity index (χ1n) is 15.9. The van der Waals surface area contributed by atoms with Crippen molar-refractivity contribution in [2.75, 3.05) is 59.0 Å². The lowest BCUT2D eigenvalue weighted by Gasteiger charge is -2.27. The van der Waals surface area contributed by atoms with E-state index in [9.17, 15) is 23.1 Å². The standard InChI is InChI=1S/C28H39ClN4O4S.C6H6O3S/c1-3-32(4-2)16-17-33(25(35)12-19-37-18-11-21-6-5-7-23(29)20-21)15-14-30-13-10-22-8-9-24(34)26-27(22)38-28(36)31-26;7-10(8,9)6-4-2-1-3-5-6/h5-9,20,30,34H,3-4,10-19H2,1-2H3,(H,31,36);1-5H,(H,7,8,9). The zero-order valence-electron chi connectivity index (χ0n) is 27.4. The van der Waals surface area contributed by atoms with Crippen LogP contribution in [0, 0.1) is 0 Å². The number of halogens is 1. The number of ether oxygens (including phenoxy) is 1. The van der Waals surface area contributed by atoms with Gasteiger partial charge in [-0.25, -0.2) is 0 Å². The summed E-state index contributed by atoms with van der Waals surface area (Å²) in [5.74, 6) is 0.185. The Hall–Kier alpha value is -3.30. The molecule has 0 fully saturated rings. The topological polar surface area (TPSA) is 152 Å². The molecule has 1 aromatic heterocycles. The maximum atomic E-state index is 13.0. The maximum absolute atomic E-state index is 13.0. The van der Waals surface area contributed by atoms with Crippen LogP contribution in [0.3, 0.4) is 0 Å². The molecule has 0 unspecified atom stereocenters. The highest BCUT2D eigenvalue weighted by atomic mass is 35.5. The molecule has 4 N–H and O–H groups in total. The Morgan fingerprint density at radius 1 is 0.958 bits per heavy atom. The molecule has 48 heavy (non-hydrogen) atoms. The number of nitrogens with zero attached hydrogens (tertiary/aromatic N) is 2. The summed E-state index contributed by atoms with van der Waals surface area (Å²) < 4.78 is 35.8. The monoisotopic (exact) mass is 720 g/mol. The van der Waals surface area contributed by atoms with E-state index in [-0.39, 0.29) is 21.4 Å². The van der Waals surface area contributed by atoms with E-state index in [2.05, 4.69) is 29.0 Å². The normalized spacial score (nSPS) is 11.4. The van der Waals surface area contributed by atoms with Gasteiger partial charge >= 0.3 is 4.87 Å². The lowest BCUT2D eigenvalue weighted by Crippen LogP contribution is -2.42. The lowest BCUT2D eigenvalue weighted by atomic mass is 10.1. The summed E-state index contributed by atoms with van der Waals surface area (Å²) in [4.78, 5) is 31.4. The molecule has 0 spiro atoms. The number of thiazole rings is 1. The minimum Gasteiger partial charge on any atom is -0.506 e. The molecule has 0 bridgehead atoms. The maximum Gasteiger partial charge on any atom is 0.305 e. The number of H-pyrrole nitrogens is 1. The molecule has 4 rings (SSSR count). The molecule has 0 aliphatic heterocycles. The van der Waals surface area contributed by atoms with Gasteiger partial charge in [0.15, 0.2) is 0 Å². The molecule has 14 heteroatoms. The minimum absolute atomic E-state index is 0.0741. The average Bonchev–Trinajstić information content (AvgIpc) is 3.47. The van der Waals surface area contributed by atoms with Crippen molar-refractivity contribution in [3.05, 3.63) is 92.5 Å². The fraction of sp³-hybridized carbons (Fsp3) is 0.412. The van der Waals surface area contributed by atoms with Gasteiger partial charge in [0.05, 0.1) is 29.2 Å². The van der Waals surface area contributed by atoms with Gasteiger partial charge in [-0.3, -0.25) is 14.1 Å². The summed E-state index contributed by atoms with van der Waals surface area (Å²) in [6, 6.07) is 18.6. The largest absolute Gasteiger partial charge is 0.506 e. The molecule has 262 valence electrons. The molecule has 4 aromatic rings. The molecule has 1 amide bonds. The third-order valence-electron chi connectivity index (χ3n) is 7.63. The molecule has 3 aromatic carbocycles. The average molecular weight is 721 g/mol. The summed E-state index contributed by atoms with van der Waals surface area (Å²) in [5.41, 5.74) is 2.63. The van der Waals surface area contributed by atoms with Gasteiger partial charge < -0.3 is 29.9 Å². The number of aromatic amines is 1. The van der Waals surface area contributed by atoms with Crippen LogP contribution in [0.15, 0.2) is 76.4 Å². The molecule has 0 aliphatic carbocycles. The number of carbonyl (C=O) groups is 1. The van der Waals surface area contributed by atoms with Gasteiger partial charge in [0, 0.05) is 31.2 Å². The first-order valence-corrected chi connectivity index (χ1v) is 18.5. The zero-order valence-corrected chi connectivity index (χ0v) is 29.7. The number of amides is 1. The van der Waals surface area contributed by atoms with Crippen molar-refractivity contribution in [3.63, 3.8) is 0 Å². The van der Waals surface area contributed by atoms with Crippen LogP contribution in [-0.4, -0.2) is 97.8 Å². The van der Waals surface area contributed by atoms with Crippen molar-refractivity contribution in [1.82, 2.24) is 20.1 Å². The van der Waals surface area contributed by atoms with Gasteiger partial charge in [-0.15, -0.1) is 0 Å². The first kappa shape index (κ1) is 39.1. The molecule has 0 aliphatic rings. The van der Waals surface area contributed by atoms with E-state index in [4.69, 9.17) is 20.9 Å². The van der Waals surface area contributed by atoms with Crippen LogP contribution < -0.4 is 10.2 Å². The fourth-order valence-electron chi connectivity index (χ4n) is 4.89. The summed E-state index contributed by atoms with van der Waals surface area (Å²) in [6.07, 6.45) is 1.83. The van der Waals surface area contributed by atoms with E-state index in [1.165, 1.54) is 12.1 Å². The number of rotatable bonds is 18. The summed E-state index contributed by atoms with van der Waals surface area (Å²) in [5, 5.41) is 14.1. The number of benzene rings is 3. The minimum atomic E-state index is -4.00. The highest BCUT2D eigenvalue weighted by Crippen LogP contribution is 2.27. The summed E-state index contributed by atoms with van der Waals surface area (Å²) in [7, 11) is -4.00. The summed E-state index contributed by atoms with van der Waals surface area (Å²) >= 11 is 7.15. The second kappa shape index (κ2) is 20.3. The van der Waals surface area contributed by atoms with Crippen molar-refractivity contribution in [2.45, 2.75) is 38.0 Å². The number of aromatic hydroxyl groups is 1. The Labute approximate surface area is 291 Å². The van der Waals surface area contributed by atoms with Gasteiger partial charge in [-0.1, -0.05) is 73.2 Å². The van der Waals surface area contributed by atoms with Gasteiger partial charge in [0.2, 0.25) is 5.91 Å². The molecule has 11 nitrogen and oxygen atoms in total. The zero-order chi connectivity index (χ0) is 34.9. The molecular formula is C34H45ClN4O7S2. The lowest BCUT2D eigenvalue weighted by molar-refractivity contribution is -0.132. The number of phenolic OH excluding ortho intramolecular Hbond substituents is 1. The Bertz CT molecular complexity index is 1730. The van der Waals surface area contributed by atoms with Crippen LogP contribution in [0.1, 0.15) is 31.4 Å². The number of aromatic nitrogens is 1. The highest BCUT2D eigenvalue weighted by Gasteiger charge is 2.15. The van der Waals surface area contributed by atoms with E-state index < -0.39 is 10.1 Å². The highest BCUT2D eigenvalue weighted by molar-refractivity contribution is 7.85. The van der Waals surface area contributed by atoms with Crippen molar-refractivity contribution < 1.29 is 27.6 Å². The Morgan fingerprint density at radius 2 is 1.71 bits per heavy atom. The summed E-state index contributed by atoms with van der Waals surface area (Å²) in [6.45, 7) is 10.6. The van der Waals surface area contributed by atoms with Crippen LogP contribution >= 0.6 is 22.9 Å². The number of carbonyl (C=O) groups excluding carboxylic acids is 1. The molecule has 0 saturated carbocycles. The first-order chi connectivity index (χ1) is 23.0. The predicted molar refractivity (Wildman–Crippen MR) is 192 cm³/mol. The van der Waals surface area contributed by atoms with Crippen LogP contribution in [0.5, 0.6) is 5.75 Å². The van der Waals surface area contributed by atoms with Crippen LogP contribution in [0.2, 0.25) is 5.02 Å². The van der Waals surface area contributed by atoms with E-state index >= 15 is 0 Å². The van der Waals surface area contributed by atoms with Gasteiger partial charge in [-0.2, -0.15) is 8.42 Å². The molecular weight excluding hydrogens is 676 g/mol. The molecule has 1 heterocycles. The smallest absolute Gasteiger partial charge is 0.305 e. The number of phenols is 1. The van der Waals surface area contributed by atoms with Crippen molar-refractivity contribution in [2.24, 2.45) is 0 Å². The molecule has 0 atom stereocenters. The third kappa shape index (κ3) is 13.3. The molecule has 0 saturated heterocycles. The van der Waals surface area contributed by atoms with Gasteiger partial charge in [-0.05, 0) is 73.9 Å². The number of hydrogen-bond donors (Lipinski definition) is 4. The van der Waals surface area contributed by atoms with E-state index in [1.54, 1.807) is 24.3 Å². The van der Waals surface area contributed by atoms with E-state index in [0.717, 1.165) is 59.6 Å². The Morgan fingerprint density at radius 3 is 2.38 bits per heavy atom. The number of hydrogen-bond acceptors (Lipinski definition) is 9. The van der Waals surface area contributed by atoms with Gasteiger partial charge in [0.25, 0.3) is 10.1 Å². The van der Waals surface area contributed by atoms with E-state index in [0.29, 0.717) is 56.4 Å². The van der Waals surface area contributed by atoms with Crippen LogP contribution in [0.4, 0.5) is 0 Å². The Kier molecular flexibility index (Phi) is 16.5. The second-order valence-electron chi connectivity index (χ2n) is 10.9. The van der Waals surface area contributed by atoms with Crippen LogP contribution in [-0.2, 0) is 32.5 Å². The number of nitrogens with one attached hydrogen (secondary N) is 2. The SMILES string of the molecule is CCN(CC)CCN(CCNCCc1ccc(O)c2[nH]c(=O)sc12)C(=O)CCOCCc1cccc(Cl)c1.O=S(=O)(O)c1ccccc1. The third-order valence-corrected chi connectivity index (χ3v) is 9.69. The number of fused-ring (bicyclic) bond motifs is 1. The van der Waals surface area contributed by atoms with E-state index in [1.807, 2.05) is 35.2 Å². The predicted octanol–water partition coefficient (Wildman–Crippen LogP) is 4.83.